The molecule has 121 heavy (non-hydrogen) atoms. The summed E-state index contributed by atoms with van der Waals surface area (Å²) in [6, 6.07) is 81.9. The Labute approximate surface area is 753 Å². The normalized spacial score (nSPS) is 16.9. The van der Waals surface area contributed by atoms with E-state index in [1.807, 2.05) is 84.9 Å². The SMILES string of the molecule is O=C(CSc1nc2ccccc2s1)NC1CCN(Cc2ccc(Cl)cc2)CC1.O=C(CSc1nc2ccccc2s1)NCC1CCCN(CCc2ccccc2)C1.O=C(CSc1nc2ccccc2s1)NCC1CCCN(Cc2ccc3ccccc3c2)C1.O=C(CSc1nc2ccccc2s1)NCC1CCCN(Cc2cccc3ccccc23)C1.[HH].[HH].[HH].[HH]. The molecule has 4 saturated heterocycles. The lowest BCUT2D eigenvalue weighted by atomic mass is 9.96. The van der Waals surface area contributed by atoms with Gasteiger partial charge in [-0.15, -0.1) is 45.3 Å². The molecule has 634 valence electrons. The van der Waals surface area contributed by atoms with Crippen molar-refractivity contribution in [2.45, 2.75) is 101 Å². The number of likely N-dealkylation sites (tertiary alicyclic amines) is 4. The summed E-state index contributed by atoms with van der Waals surface area (Å²) in [6.45, 7) is 14.9. The summed E-state index contributed by atoms with van der Waals surface area (Å²) in [5.74, 6) is 3.68. The van der Waals surface area contributed by atoms with Crippen LogP contribution in [0.4, 0.5) is 0 Å². The summed E-state index contributed by atoms with van der Waals surface area (Å²) < 4.78 is 8.51. The zero-order chi connectivity index (χ0) is 82.7. The summed E-state index contributed by atoms with van der Waals surface area (Å²) >= 11 is 18.7. The Balaban J connectivity index is 0.000000161. The number of halogens is 1. The number of nitrogens with one attached hydrogen (secondary N) is 4. The van der Waals surface area contributed by atoms with E-state index in [1.165, 1.54) is 155 Å². The van der Waals surface area contributed by atoms with Gasteiger partial charge < -0.3 is 26.2 Å². The lowest BCUT2D eigenvalue weighted by molar-refractivity contribution is -0.120. The highest BCUT2D eigenvalue weighted by atomic mass is 35.5. The molecule has 16 nitrogen and oxygen atoms in total. The van der Waals surface area contributed by atoms with Crippen LogP contribution in [-0.2, 0) is 45.2 Å². The Morgan fingerprint density at radius 2 is 0.777 bits per heavy atom. The van der Waals surface area contributed by atoms with E-state index in [9.17, 15) is 19.2 Å². The summed E-state index contributed by atoms with van der Waals surface area (Å²) in [5, 5.41) is 18.7. The highest BCUT2D eigenvalue weighted by Gasteiger charge is 2.26. The van der Waals surface area contributed by atoms with Crippen LogP contribution >= 0.6 is 104 Å². The van der Waals surface area contributed by atoms with Crippen LogP contribution in [0.5, 0.6) is 0 Å². The highest BCUT2D eigenvalue weighted by molar-refractivity contribution is 8.02. The molecule has 4 N–H and O–H groups in total. The Morgan fingerprint density at radius 3 is 1.28 bits per heavy atom. The first-order chi connectivity index (χ1) is 59.4. The van der Waals surface area contributed by atoms with E-state index in [2.05, 4.69) is 212 Å². The molecule has 0 bridgehead atoms. The van der Waals surface area contributed by atoms with Gasteiger partial charge in [0.05, 0.1) is 63.9 Å². The molecule has 25 heteroatoms. The largest absolute Gasteiger partial charge is 0.355 e. The number of amides is 4. The zero-order valence-corrected chi connectivity index (χ0v) is 75.3. The number of para-hydroxylation sites is 4. The molecule has 4 aliphatic heterocycles. The Bertz CT molecular complexity index is 5570. The van der Waals surface area contributed by atoms with Gasteiger partial charge in [0.25, 0.3) is 0 Å². The van der Waals surface area contributed by atoms with Crippen LogP contribution in [0.15, 0.2) is 254 Å². The van der Waals surface area contributed by atoms with Crippen LogP contribution in [0.25, 0.3) is 62.4 Å². The molecule has 0 radical (unpaired) electrons. The number of piperidine rings is 4. The predicted molar refractivity (Wildman–Crippen MR) is 520 cm³/mol. The lowest BCUT2D eigenvalue weighted by Crippen LogP contribution is -2.44. The molecule has 10 aromatic carbocycles. The van der Waals surface area contributed by atoms with Crippen molar-refractivity contribution in [3.8, 4) is 0 Å². The highest BCUT2D eigenvalue weighted by Crippen LogP contribution is 2.35. The van der Waals surface area contributed by atoms with Gasteiger partial charge in [-0.2, -0.15) is 0 Å². The Kier molecular flexibility index (Phi) is 32.8. The van der Waals surface area contributed by atoms with Gasteiger partial charge in [-0.05, 0) is 206 Å². The van der Waals surface area contributed by atoms with Crippen LogP contribution in [-0.4, -0.2) is 171 Å². The Morgan fingerprint density at radius 1 is 0.372 bits per heavy atom. The number of thiazole rings is 4. The summed E-state index contributed by atoms with van der Waals surface area (Å²) in [7, 11) is 0. The first kappa shape index (κ1) is 87.6. The molecule has 4 amide bonds. The maximum Gasteiger partial charge on any atom is 0.230 e. The number of fused-ring (bicyclic) bond motifs is 6. The van der Waals surface area contributed by atoms with Crippen molar-refractivity contribution in [1.29, 1.82) is 0 Å². The van der Waals surface area contributed by atoms with Crippen molar-refractivity contribution in [2.75, 3.05) is 102 Å². The van der Waals surface area contributed by atoms with Crippen LogP contribution in [0.3, 0.4) is 0 Å². The Hall–Kier alpha value is -8.31. The number of aromatic nitrogens is 4. The summed E-state index contributed by atoms with van der Waals surface area (Å²) in [6.07, 6.45) is 10.2. The minimum absolute atomic E-state index is 0. The number of rotatable bonds is 28. The fourth-order valence-corrected chi connectivity index (χ4v) is 23.8. The zero-order valence-electron chi connectivity index (χ0n) is 68.0. The maximum atomic E-state index is 12.4. The smallest absolute Gasteiger partial charge is 0.230 e. The molecule has 0 spiro atoms. The van der Waals surface area contributed by atoms with Crippen molar-refractivity contribution in [1.82, 2.24) is 60.8 Å². The third-order valence-electron chi connectivity index (χ3n) is 22.3. The van der Waals surface area contributed by atoms with Crippen molar-refractivity contribution in [3.05, 3.63) is 264 Å². The standard InChI is InChI=1S/2C26H27N3OS2.C23H27N3OS2.C21H22ClN3OS2.4H2/c30-25(18-31-26-28-23-12-3-4-13-24(23)32-26)27-15-19-7-6-14-29(16-19)17-21-10-5-9-20-8-1-2-11-22(20)21;30-25(18-31-26-28-23-9-3-4-10-24(23)32-26)27-15-20-6-5-13-29(17-20)16-19-11-12-21-7-1-2-8-22(21)14-19;27-22(17-28-23-25-20-10-4-5-11-21(20)29-23)24-15-19-9-6-13-26(16-19)14-12-18-7-2-1-3-8-18;22-16-7-5-15(6-8-16)13-25-11-9-17(10-12-25)23-20(26)14-27-21-24-18-3-1-2-4-19(18)28-21;;;;/h1-5,8-13,19H,6-7,14-18H2,(H,27,30);1-4,7-12,14,20H,5-6,13,15-18H2,(H,27,30);1-5,7-8,10-11,19H,6,9,12-17H2,(H,24,27);1-8,17H,9-14H2,(H,23,26);4*1H. The molecule has 0 saturated carbocycles. The number of hydrogen-bond acceptors (Lipinski definition) is 20. The fourth-order valence-electron chi connectivity index (χ4n) is 16.1. The lowest BCUT2D eigenvalue weighted by Gasteiger charge is -2.33. The van der Waals surface area contributed by atoms with E-state index >= 15 is 0 Å². The van der Waals surface area contributed by atoms with Gasteiger partial charge in [-0.3, -0.25) is 33.9 Å². The van der Waals surface area contributed by atoms with Crippen LogP contribution in [0.2, 0.25) is 5.02 Å². The molecule has 3 atom stereocenters. The van der Waals surface area contributed by atoms with Gasteiger partial charge in [-0.25, -0.2) is 19.9 Å². The van der Waals surface area contributed by atoms with Crippen LogP contribution in [0.1, 0.15) is 79.3 Å². The quantitative estimate of drug-likeness (QED) is 0.0340. The topological polar surface area (TPSA) is 181 Å². The number of nitrogens with zero attached hydrogens (tertiary/aromatic N) is 8. The minimum Gasteiger partial charge on any atom is -0.355 e. The third-order valence-corrected chi connectivity index (χ3v) is 31.3. The van der Waals surface area contributed by atoms with E-state index in [1.54, 1.807) is 45.3 Å². The average molecular weight is 1790 g/mol. The molecule has 3 unspecified atom stereocenters. The number of thioether (sulfide) groups is 4. The van der Waals surface area contributed by atoms with Gasteiger partial charge in [0, 0.05) is 95.3 Å². The first-order valence-corrected chi connectivity index (χ1v) is 49.6. The average Bonchev–Trinajstić information content (AvgIpc) is 1.81. The second-order valence-corrected chi connectivity index (χ2v) is 40.9. The van der Waals surface area contributed by atoms with Crippen molar-refractivity contribution in [2.24, 2.45) is 17.8 Å². The van der Waals surface area contributed by atoms with Crippen molar-refractivity contribution >= 4 is 190 Å². The second-order valence-electron chi connectivity index (χ2n) is 31.5. The van der Waals surface area contributed by atoms with E-state index in [-0.39, 0.29) is 35.4 Å². The van der Waals surface area contributed by atoms with Gasteiger partial charge >= 0.3 is 0 Å². The maximum absolute atomic E-state index is 12.4. The number of benzene rings is 10. The summed E-state index contributed by atoms with van der Waals surface area (Å²) in [5.41, 5.74) is 9.46. The number of hydrogen-bond donors (Lipinski definition) is 4. The van der Waals surface area contributed by atoms with E-state index < -0.39 is 0 Å². The molecule has 18 rings (SSSR count). The number of carbonyl (C=O) groups excluding carboxylic acids is 4. The summed E-state index contributed by atoms with van der Waals surface area (Å²) in [4.78, 5) is 77.8. The molecular weight excluding hydrogens is 1680 g/mol. The van der Waals surface area contributed by atoms with E-state index in [4.69, 9.17) is 11.6 Å². The van der Waals surface area contributed by atoms with E-state index in [0.717, 1.165) is 155 Å². The van der Waals surface area contributed by atoms with Crippen molar-refractivity contribution < 1.29 is 24.9 Å². The molecule has 8 heterocycles. The molecule has 4 aromatic heterocycles. The van der Waals surface area contributed by atoms with Crippen LogP contribution in [0, 0.1) is 17.8 Å². The molecule has 4 fully saturated rings. The van der Waals surface area contributed by atoms with Crippen LogP contribution < -0.4 is 21.3 Å². The number of carbonyl (C=O) groups is 4. The monoisotopic (exact) mass is 1790 g/mol. The minimum atomic E-state index is 0. The third kappa shape index (κ3) is 27.1. The molecule has 4 aliphatic rings. The molecule has 14 aromatic rings. The predicted octanol–water partition coefficient (Wildman–Crippen LogP) is 21.4. The van der Waals surface area contributed by atoms with E-state index in [0.29, 0.717) is 40.8 Å². The van der Waals surface area contributed by atoms with Gasteiger partial charge in [0.1, 0.15) is 0 Å². The second kappa shape index (κ2) is 45.4. The van der Waals surface area contributed by atoms with Crippen molar-refractivity contribution in [3.63, 3.8) is 0 Å². The van der Waals surface area contributed by atoms with Gasteiger partial charge in [0.15, 0.2) is 17.4 Å². The molecule has 0 aliphatic carbocycles. The fraction of sp³-hybridized carbons (Fsp3) is 0.333. The van der Waals surface area contributed by atoms with Gasteiger partial charge in [-0.1, -0.05) is 229 Å². The molecular formula is C96H111ClN12O4S8. The van der Waals surface area contributed by atoms with Gasteiger partial charge in [0.2, 0.25) is 23.6 Å². The first-order valence-electron chi connectivity index (χ1n) is 42.0.